The molecule has 240 valence electrons. The first-order valence-electron chi connectivity index (χ1n) is 16.6. The Bertz CT molecular complexity index is 547. The minimum absolute atomic E-state index is 0.135. The van der Waals surface area contributed by atoms with Crippen LogP contribution in [0.15, 0.2) is 0 Å². The van der Waals surface area contributed by atoms with Crippen molar-refractivity contribution in [2.75, 3.05) is 13.2 Å². The molecule has 0 aromatic heterocycles. The number of aliphatic hydroxyl groups is 6. The zero-order chi connectivity index (χ0) is 29.4. The van der Waals surface area contributed by atoms with Crippen LogP contribution in [-0.4, -0.2) is 86.8 Å². The monoisotopic (exact) mass is 576 g/mol. The second-order valence-electron chi connectivity index (χ2n) is 12.2. The van der Waals surface area contributed by atoms with Crippen LogP contribution in [0.1, 0.15) is 148 Å². The first-order valence-corrected chi connectivity index (χ1v) is 16.6. The molecule has 1 aliphatic heterocycles. The molecule has 0 saturated carbocycles. The van der Waals surface area contributed by atoms with E-state index in [4.69, 9.17) is 9.47 Å². The second-order valence-corrected chi connectivity index (χ2v) is 12.2. The summed E-state index contributed by atoms with van der Waals surface area (Å²) in [5, 5.41) is 58.2. The molecule has 0 aromatic rings. The van der Waals surface area contributed by atoms with Crippen molar-refractivity contribution in [2.24, 2.45) is 0 Å². The van der Waals surface area contributed by atoms with Crippen molar-refractivity contribution in [2.45, 2.75) is 191 Å². The van der Waals surface area contributed by atoms with Crippen LogP contribution in [0.25, 0.3) is 0 Å². The molecule has 7 atom stereocenters. The summed E-state index contributed by atoms with van der Waals surface area (Å²) in [5.74, 6) is 0. The van der Waals surface area contributed by atoms with Crippen molar-refractivity contribution in [1.82, 2.24) is 0 Å². The molecular weight excluding hydrogens is 512 g/mol. The predicted octanol–water partition coefficient (Wildman–Crippen LogP) is 5.13. The Morgan fingerprint density at radius 3 is 1.35 bits per heavy atom. The summed E-state index contributed by atoms with van der Waals surface area (Å²) >= 11 is 0. The third kappa shape index (κ3) is 19.0. The lowest BCUT2D eigenvalue weighted by Gasteiger charge is -2.39. The van der Waals surface area contributed by atoms with Gasteiger partial charge >= 0.3 is 0 Å². The second kappa shape index (κ2) is 25.2. The van der Waals surface area contributed by atoms with Crippen LogP contribution >= 0.6 is 0 Å². The lowest BCUT2D eigenvalue weighted by atomic mass is 9.99. The number of hydrogen-bond donors (Lipinski definition) is 6. The van der Waals surface area contributed by atoms with Gasteiger partial charge in [-0.1, -0.05) is 122 Å². The quantitative estimate of drug-likeness (QED) is 0.0740. The first-order chi connectivity index (χ1) is 19.4. The fraction of sp³-hybridized carbons (Fsp3) is 1.00. The zero-order valence-corrected chi connectivity index (χ0v) is 25.5. The maximum Gasteiger partial charge on any atom is 0.186 e. The van der Waals surface area contributed by atoms with Gasteiger partial charge in [-0.05, 0) is 26.2 Å². The molecule has 0 aliphatic carbocycles. The molecule has 40 heavy (non-hydrogen) atoms. The van der Waals surface area contributed by atoms with Crippen molar-refractivity contribution in [1.29, 1.82) is 0 Å². The Morgan fingerprint density at radius 2 is 0.950 bits per heavy atom. The molecule has 6 N–H and O–H groups in total. The summed E-state index contributed by atoms with van der Waals surface area (Å²) in [6, 6.07) is 0. The molecule has 0 amide bonds. The molecule has 1 aliphatic rings. The molecule has 0 aromatic carbocycles. The third-order valence-electron chi connectivity index (χ3n) is 8.24. The van der Waals surface area contributed by atoms with Gasteiger partial charge in [-0.2, -0.15) is 0 Å². The molecule has 1 heterocycles. The average Bonchev–Trinajstić information content (AvgIpc) is 2.93. The number of ether oxygens (including phenoxy) is 2. The Hall–Kier alpha value is -0.320. The van der Waals surface area contributed by atoms with Crippen LogP contribution in [0.2, 0.25) is 0 Å². The van der Waals surface area contributed by atoms with E-state index >= 15 is 0 Å². The lowest BCUT2D eigenvalue weighted by Crippen LogP contribution is -2.59. The van der Waals surface area contributed by atoms with Gasteiger partial charge < -0.3 is 40.1 Å². The summed E-state index contributed by atoms with van der Waals surface area (Å²) < 4.78 is 10.8. The largest absolute Gasteiger partial charge is 0.394 e. The highest BCUT2D eigenvalue weighted by Crippen LogP contribution is 2.22. The molecule has 8 nitrogen and oxygen atoms in total. The standard InChI is InChI=1S/C32H64O8/c1-26(34)21-19-17-15-13-11-9-7-5-3-2-4-6-8-10-12-14-16-18-20-22-27(35)23-24-39-32-31(38)30(37)29(36)28(25-33)40-32/h26-38H,2-25H2,1H3/t26-,27-,28?,29-,30?,31+,32+/m1/s1. The summed E-state index contributed by atoms with van der Waals surface area (Å²) in [7, 11) is 0. The van der Waals surface area contributed by atoms with Gasteiger partial charge in [0.15, 0.2) is 6.29 Å². The van der Waals surface area contributed by atoms with Crippen molar-refractivity contribution in [3.63, 3.8) is 0 Å². The molecule has 0 radical (unpaired) electrons. The van der Waals surface area contributed by atoms with E-state index in [1.54, 1.807) is 0 Å². The smallest absolute Gasteiger partial charge is 0.186 e. The van der Waals surface area contributed by atoms with E-state index in [1.165, 1.54) is 109 Å². The Balaban J connectivity index is 1.80. The Labute approximate surface area is 244 Å². The van der Waals surface area contributed by atoms with Crippen LogP contribution in [-0.2, 0) is 9.47 Å². The van der Waals surface area contributed by atoms with Gasteiger partial charge in [0.2, 0.25) is 0 Å². The van der Waals surface area contributed by atoms with Crippen LogP contribution < -0.4 is 0 Å². The van der Waals surface area contributed by atoms with Crippen molar-refractivity contribution in [3.05, 3.63) is 0 Å². The minimum Gasteiger partial charge on any atom is -0.394 e. The van der Waals surface area contributed by atoms with Crippen LogP contribution in [0.4, 0.5) is 0 Å². The van der Waals surface area contributed by atoms with Gasteiger partial charge in [0.05, 0.1) is 25.4 Å². The summed E-state index contributed by atoms with van der Waals surface area (Å²) in [5.41, 5.74) is 0. The van der Waals surface area contributed by atoms with Crippen molar-refractivity contribution < 1.29 is 40.1 Å². The van der Waals surface area contributed by atoms with E-state index in [0.29, 0.717) is 12.8 Å². The molecule has 2 unspecified atom stereocenters. The molecule has 0 spiro atoms. The number of aliphatic hydroxyl groups excluding tert-OH is 6. The van der Waals surface area contributed by atoms with Gasteiger partial charge in [0.1, 0.15) is 24.4 Å². The fourth-order valence-electron chi connectivity index (χ4n) is 5.49. The van der Waals surface area contributed by atoms with Crippen molar-refractivity contribution >= 4 is 0 Å². The normalized spacial score (nSPS) is 24.8. The van der Waals surface area contributed by atoms with E-state index in [0.717, 1.165) is 19.3 Å². The first kappa shape index (κ1) is 37.7. The third-order valence-corrected chi connectivity index (χ3v) is 8.24. The minimum atomic E-state index is -1.44. The lowest BCUT2D eigenvalue weighted by molar-refractivity contribution is -0.301. The Kier molecular flexibility index (Phi) is 23.8. The summed E-state index contributed by atoms with van der Waals surface area (Å²) in [6.45, 7) is 1.56. The number of rotatable bonds is 27. The topological polar surface area (TPSA) is 140 Å². The van der Waals surface area contributed by atoms with Crippen LogP contribution in [0.5, 0.6) is 0 Å². The summed E-state index contributed by atoms with van der Waals surface area (Å²) in [6.07, 6.45) is 19.8. The maximum absolute atomic E-state index is 10.2. The fourth-order valence-corrected chi connectivity index (χ4v) is 5.49. The van der Waals surface area contributed by atoms with E-state index in [1.807, 2.05) is 6.92 Å². The van der Waals surface area contributed by atoms with E-state index in [-0.39, 0.29) is 12.7 Å². The zero-order valence-electron chi connectivity index (χ0n) is 25.5. The molecule has 1 saturated heterocycles. The number of unbranched alkanes of at least 4 members (excludes halogenated alkanes) is 18. The van der Waals surface area contributed by atoms with Crippen LogP contribution in [0.3, 0.4) is 0 Å². The van der Waals surface area contributed by atoms with Gasteiger partial charge in [0.25, 0.3) is 0 Å². The SMILES string of the molecule is C[C@@H](O)CCCCCCCCCCCCCCCCCCCCC[C@@H](O)CCO[C@H]1OC(CO)[C@@H](O)C(O)[C@@H]1O. The van der Waals surface area contributed by atoms with E-state index in [2.05, 4.69) is 0 Å². The number of hydrogen-bond acceptors (Lipinski definition) is 8. The predicted molar refractivity (Wildman–Crippen MR) is 159 cm³/mol. The maximum atomic E-state index is 10.2. The Morgan fingerprint density at radius 1 is 0.550 bits per heavy atom. The van der Waals surface area contributed by atoms with E-state index < -0.39 is 43.4 Å². The van der Waals surface area contributed by atoms with Gasteiger partial charge in [-0.25, -0.2) is 0 Å². The molecule has 8 heteroatoms. The van der Waals surface area contributed by atoms with Gasteiger partial charge in [-0.3, -0.25) is 0 Å². The molecular formula is C32H64O8. The highest BCUT2D eigenvalue weighted by atomic mass is 16.7. The van der Waals surface area contributed by atoms with Gasteiger partial charge in [0, 0.05) is 0 Å². The van der Waals surface area contributed by atoms with Gasteiger partial charge in [-0.15, -0.1) is 0 Å². The summed E-state index contributed by atoms with van der Waals surface area (Å²) in [4.78, 5) is 0. The molecule has 1 rings (SSSR count). The van der Waals surface area contributed by atoms with E-state index in [9.17, 15) is 30.6 Å². The van der Waals surface area contributed by atoms with Crippen molar-refractivity contribution in [3.8, 4) is 0 Å². The highest BCUT2D eigenvalue weighted by molar-refractivity contribution is 4.88. The molecule has 0 bridgehead atoms. The average molecular weight is 577 g/mol. The van der Waals surface area contributed by atoms with Crippen LogP contribution in [0, 0.1) is 0 Å². The highest BCUT2D eigenvalue weighted by Gasteiger charge is 2.43. The molecule has 1 fully saturated rings.